The largest absolute Gasteiger partial charge is 0.573 e. The summed E-state index contributed by atoms with van der Waals surface area (Å²) < 4.78 is 42.2. The first-order valence-electron chi connectivity index (χ1n) is 7.60. The number of nitrogens with zero attached hydrogens (tertiary/aromatic N) is 3. The van der Waals surface area contributed by atoms with E-state index in [-0.39, 0.29) is 12.2 Å². The van der Waals surface area contributed by atoms with Crippen molar-refractivity contribution in [1.82, 2.24) is 19.9 Å². The van der Waals surface area contributed by atoms with Crippen LogP contribution in [0.15, 0.2) is 48.7 Å². The minimum absolute atomic E-state index is 0.178. The Morgan fingerprint density at radius 3 is 2.81 bits per heavy atom. The topological polar surface area (TPSA) is 80.6 Å². The number of carbonyl (C=O) groups is 1. The van der Waals surface area contributed by atoms with Crippen molar-refractivity contribution in [3.05, 3.63) is 54.5 Å². The summed E-state index contributed by atoms with van der Waals surface area (Å²) in [5.41, 5.74) is 0.880. The lowest BCUT2D eigenvalue weighted by Gasteiger charge is -2.11. The zero-order valence-corrected chi connectivity index (χ0v) is 13.3. The predicted molar refractivity (Wildman–Crippen MR) is 86.8 cm³/mol. The van der Waals surface area contributed by atoms with Gasteiger partial charge in [-0.25, -0.2) is 4.79 Å². The number of aromatic nitrogens is 3. The molecule has 0 aliphatic heterocycles. The van der Waals surface area contributed by atoms with Gasteiger partial charge in [-0.3, -0.25) is 4.40 Å². The van der Waals surface area contributed by atoms with Crippen LogP contribution >= 0.6 is 0 Å². The van der Waals surface area contributed by atoms with Gasteiger partial charge in [-0.15, -0.1) is 23.4 Å². The number of ether oxygens (including phenoxy) is 1. The summed E-state index contributed by atoms with van der Waals surface area (Å²) in [6, 6.07) is 9.97. The van der Waals surface area contributed by atoms with Crippen molar-refractivity contribution in [2.75, 3.05) is 11.9 Å². The number of pyridine rings is 1. The molecule has 0 radical (unpaired) electrons. The van der Waals surface area contributed by atoms with Gasteiger partial charge in [-0.1, -0.05) is 12.1 Å². The molecule has 26 heavy (non-hydrogen) atoms. The number of carbonyl (C=O) groups excluding carboxylic acids is 1. The number of anilines is 1. The number of hydrogen-bond donors (Lipinski definition) is 2. The Bertz CT molecular complexity index is 910. The monoisotopic (exact) mass is 365 g/mol. The molecule has 2 N–H and O–H groups in total. The zero-order valence-electron chi connectivity index (χ0n) is 13.3. The molecule has 0 fully saturated rings. The highest BCUT2D eigenvalue weighted by atomic mass is 19.4. The Labute approximate surface area is 145 Å². The highest BCUT2D eigenvalue weighted by Gasteiger charge is 2.31. The highest BCUT2D eigenvalue weighted by molar-refractivity contribution is 5.89. The van der Waals surface area contributed by atoms with Crippen LogP contribution in [0.4, 0.5) is 23.7 Å². The minimum Gasteiger partial charge on any atom is -0.406 e. The third kappa shape index (κ3) is 4.62. The molecule has 0 spiro atoms. The van der Waals surface area contributed by atoms with E-state index in [1.165, 1.54) is 12.1 Å². The van der Waals surface area contributed by atoms with Gasteiger partial charge in [-0.2, -0.15) is 0 Å². The van der Waals surface area contributed by atoms with Crippen LogP contribution in [0.5, 0.6) is 5.75 Å². The molecule has 0 saturated heterocycles. The number of alkyl halides is 3. The van der Waals surface area contributed by atoms with E-state index >= 15 is 0 Å². The second kappa shape index (κ2) is 7.30. The SMILES string of the molecule is O=C(NCCc1nnc2ccccn12)Nc1cccc(OC(F)(F)F)c1. The lowest BCUT2D eigenvalue weighted by Crippen LogP contribution is -2.30. The first-order valence-corrected chi connectivity index (χ1v) is 7.60. The number of amides is 2. The predicted octanol–water partition coefficient (Wildman–Crippen LogP) is 2.99. The quantitative estimate of drug-likeness (QED) is 0.728. The maximum Gasteiger partial charge on any atom is 0.573 e. The number of halogens is 3. The standard InChI is InChI=1S/C16H14F3N5O2/c17-16(18,19)26-12-5-3-4-11(10-12)21-15(25)20-8-7-14-23-22-13-6-1-2-9-24(13)14/h1-6,9-10H,7-8H2,(H2,20,21,25). The minimum atomic E-state index is -4.79. The summed E-state index contributed by atoms with van der Waals surface area (Å²) in [6.07, 6.45) is -2.53. The summed E-state index contributed by atoms with van der Waals surface area (Å²) in [5.74, 6) is 0.270. The summed E-state index contributed by atoms with van der Waals surface area (Å²) >= 11 is 0. The van der Waals surface area contributed by atoms with Gasteiger partial charge in [0.2, 0.25) is 0 Å². The van der Waals surface area contributed by atoms with Gasteiger partial charge in [0.1, 0.15) is 11.6 Å². The molecule has 136 valence electrons. The second-order valence-electron chi connectivity index (χ2n) is 5.25. The van der Waals surface area contributed by atoms with Gasteiger partial charge in [0.05, 0.1) is 0 Å². The first kappa shape index (κ1) is 17.5. The van der Waals surface area contributed by atoms with Crippen molar-refractivity contribution >= 4 is 17.4 Å². The fourth-order valence-corrected chi connectivity index (χ4v) is 2.30. The molecule has 0 aliphatic rings. The van der Waals surface area contributed by atoms with E-state index in [1.807, 2.05) is 24.4 Å². The number of rotatable bonds is 5. The Hall–Kier alpha value is -3.30. The van der Waals surface area contributed by atoms with E-state index in [4.69, 9.17) is 0 Å². The molecule has 10 heteroatoms. The van der Waals surface area contributed by atoms with Crippen LogP contribution in [0.25, 0.3) is 5.65 Å². The lowest BCUT2D eigenvalue weighted by atomic mass is 10.3. The van der Waals surface area contributed by atoms with Crippen LogP contribution in [0.3, 0.4) is 0 Å². The maximum absolute atomic E-state index is 12.2. The van der Waals surface area contributed by atoms with Crippen LogP contribution < -0.4 is 15.4 Å². The Kier molecular flexibility index (Phi) is 4.92. The molecule has 7 nitrogen and oxygen atoms in total. The summed E-state index contributed by atoms with van der Waals surface area (Å²) in [5, 5.41) is 13.1. The molecule has 0 aliphatic carbocycles. The van der Waals surface area contributed by atoms with Crippen molar-refractivity contribution in [3.63, 3.8) is 0 Å². The summed E-state index contributed by atoms with van der Waals surface area (Å²) in [4.78, 5) is 11.9. The van der Waals surface area contributed by atoms with Crippen molar-refractivity contribution in [1.29, 1.82) is 0 Å². The molecule has 2 aromatic heterocycles. The van der Waals surface area contributed by atoms with E-state index in [1.54, 1.807) is 4.40 Å². The Morgan fingerprint density at radius 2 is 2.00 bits per heavy atom. The van der Waals surface area contributed by atoms with Crippen LogP contribution in [-0.2, 0) is 6.42 Å². The molecule has 0 unspecified atom stereocenters. The van der Waals surface area contributed by atoms with Gasteiger partial charge in [0, 0.05) is 30.9 Å². The van der Waals surface area contributed by atoms with Crippen LogP contribution in [0, 0.1) is 0 Å². The van der Waals surface area contributed by atoms with Crippen molar-refractivity contribution < 1.29 is 22.7 Å². The van der Waals surface area contributed by atoms with Gasteiger partial charge in [-0.05, 0) is 24.3 Å². The number of hydrogen-bond acceptors (Lipinski definition) is 4. The van der Waals surface area contributed by atoms with Crippen LogP contribution in [0.1, 0.15) is 5.82 Å². The third-order valence-corrected chi connectivity index (χ3v) is 3.34. The van der Waals surface area contributed by atoms with Crippen molar-refractivity contribution in [2.45, 2.75) is 12.8 Å². The van der Waals surface area contributed by atoms with E-state index in [2.05, 4.69) is 25.6 Å². The molecule has 1 aromatic carbocycles. The lowest BCUT2D eigenvalue weighted by molar-refractivity contribution is -0.274. The molecule has 0 atom stereocenters. The molecule has 0 saturated carbocycles. The molecule has 3 rings (SSSR count). The van der Waals surface area contributed by atoms with Crippen molar-refractivity contribution in [2.24, 2.45) is 0 Å². The maximum atomic E-state index is 12.2. The van der Waals surface area contributed by atoms with Crippen molar-refractivity contribution in [3.8, 4) is 5.75 Å². The normalized spacial score (nSPS) is 11.3. The molecule has 2 amide bonds. The van der Waals surface area contributed by atoms with Crippen LogP contribution in [0.2, 0.25) is 0 Å². The molecular weight excluding hydrogens is 351 g/mol. The fraction of sp³-hybridized carbons (Fsp3) is 0.188. The zero-order chi connectivity index (χ0) is 18.6. The van der Waals surface area contributed by atoms with E-state index in [0.29, 0.717) is 17.9 Å². The van der Waals surface area contributed by atoms with Gasteiger partial charge < -0.3 is 15.4 Å². The van der Waals surface area contributed by atoms with Gasteiger partial charge in [0.15, 0.2) is 5.65 Å². The van der Waals surface area contributed by atoms with E-state index in [9.17, 15) is 18.0 Å². The van der Waals surface area contributed by atoms with Crippen LogP contribution in [-0.4, -0.2) is 33.5 Å². The smallest absolute Gasteiger partial charge is 0.406 e. The number of nitrogens with one attached hydrogen (secondary N) is 2. The van der Waals surface area contributed by atoms with E-state index in [0.717, 1.165) is 12.1 Å². The third-order valence-electron chi connectivity index (χ3n) is 3.34. The van der Waals surface area contributed by atoms with Gasteiger partial charge in [0.25, 0.3) is 0 Å². The second-order valence-corrected chi connectivity index (χ2v) is 5.25. The number of urea groups is 1. The molecule has 0 bridgehead atoms. The van der Waals surface area contributed by atoms with Gasteiger partial charge >= 0.3 is 12.4 Å². The number of benzene rings is 1. The Balaban J connectivity index is 1.52. The molecule has 2 heterocycles. The average Bonchev–Trinajstić information content (AvgIpc) is 2.97. The highest BCUT2D eigenvalue weighted by Crippen LogP contribution is 2.24. The Morgan fingerprint density at radius 1 is 1.15 bits per heavy atom. The average molecular weight is 365 g/mol. The van der Waals surface area contributed by atoms with E-state index < -0.39 is 18.1 Å². The first-order chi connectivity index (χ1) is 12.4. The fourth-order valence-electron chi connectivity index (χ4n) is 2.30. The molecule has 3 aromatic rings. The summed E-state index contributed by atoms with van der Waals surface area (Å²) in [6.45, 7) is 0.278. The summed E-state index contributed by atoms with van der Waals surface area (Å²) in [7, 11) is 0. The molecular formula is C16H14F3N5O2. The number of fused-ring (bicyclic) bond motifs is 1.